The summed E-state index contributed by atoms with van der Waals surface area (Å²) < 4.78 is 13.3. The minimum absolute atomic E-state index is 0.242. The van der Waals surface area contributed by atoms with Crippen LogP contribution in [0, 0.1) is 0 Å². The molecule has 12 nitrogen and oxygen atoms in total. The quantitative estimate of drug-likeness (QED) is 0.389. The lowest BCUT2D eigenvalue weighted by molar-refractivity contribution is 0.0295. The third-order valence-corrected chi connectivity index (χ3v) is 7.18. The number of nitrogens with zero attached hydrogens (tertiary/aromatic N) is 6. The van der Waals surface area contributed by atoms with Crippen LogP contribution in [0.25, 0.3) is 22.4 Å². The van der Waals surface area contributed by atoms with Gasteiger partial charge in [0.25, 0.3) is 0 Å². The molecular formula is C29H40N8O4. The molecule has 2 N–H and O–H groups in total. The average Bonchev–Trinajstić information content (AvgIpc) is 3.51. The molecule has 220 valence electrons. The minimum atomic E-state index is -0.541. The first-order chi connectivity index (χ1) is 19.6. The topological polar surface area (TPSA) is 127 Å². The van der Waals surface area contributed by atoms with E-state index in [1.807, 2.05) is 62.8 Å². The van der Waals surface area contributed by atoms with Gasteiger partial charge in [-0.2, -0.15) is 5.10 Å². The molecule has 41 heavy (non-hydrogen) atoms. The fourth-order valence-corrected chi connectivity index (χ4v) is 5.16. The average molecular weight is 565 g/mol. The highest BCUT2D eigenvalue weighted by Crippen LogP contribution is 2.33. The lowest BCUT2D eigenvalue weighted by Gasteiger charge is -2.33. The molecule has 2 aromatic heterocycles. The van der Waals surface area contributed by atoms with Gasteiger partial charge in [-0.1, -0.05) is 0 Å². The molecule has 0 aliphatic carbocycles. The highest BCUT2D eigenvalue weighted by atomic mass is 16.6. The Labute approximate surface area is 240 Å². The summed E-state index contributed by atoms with van der Waals surface area (Å²) in [5, 5.41) is 11.2. The monoisotopic (exact) mass is 564 g/mol. The van der Waals surface area contributed by atoms with E-state index in [0.29, 0.717) is 37.6 Å². The molecule has 12 heteroatoms. The van der Waals surface area contributed by atoms with Crippen molar-refractivity contribution in [2.24, 2.45) is 0 Å². The molecule has 3 aromatic rings. The van der Waals surface area contributed by atoms with E-state index in [2.05, 4.69) is 20.6 Å². The third kappa shape index (κ3) is 6.87. The summed E-state index contributed by atoms with van der Waals surface area (Å²) in [5.41, 5.74) is 1.78. The van der Waals surface area contributed by atoms with Crippen LogP contribution >= 0.6 is 0 Å². The van der Waals surface area contributed by atoms with Crippen molar-refractivity contribution in [3.05, 3.63) is 30.5 Å². The van der Waals surface area contributed by atoms with Gasteiger partial charge in [0.05, 0.1) is 23.8 Å². The predicted molar refractivity (Wildman–Crippen MR) is 157 cm³/mol. The third-order valence-electron chi connectivity index (χ3n) is 7.18. The van der Waals surface area contributed by atoms with Crippen molar-refractivity contribution in [1.82, 2.24) is 30.0 Å². The van der Waals surface area contributed by atoms with Gasteiger partial charge in [0.15, 0.2) is 11.5 Å². The van der Waals surface area contributed by atoms with E-state index >= 15 is 0 Å². The summed E-state index contributed by atoms with van der Waals surface area (Å²) in [7, 11) is 1.68. The lowest BCUT2D eigenvalue weighted by atomic mass is 10.2. The molecule has 2 fully saturated rings. The lowest BCUT2D eigenvalue weighted by Crippen LogP contribution is -2.43. The summed E-state index contributed by atoms with van der Waals surface area (Å²) in [5.74, 6) is 1.51. The number of ether oxygens (including phenoxy) is 2. The van der Waals surface area contributed by atoms with Gasteiger partial charge < -0.3 is 29.9 Å². The number of hydrogen-bond acceptors (Lipinski definition) is 8. The largest absolute Gasteiger partial charge is 0.444 e. The fraction of sp³-hybridized carbons (Fsp3) is 0.552. The van der Waals surface area contributed by atoms with Crippen LogP contribution in [0.15, 0.2) is 30.5 Å². The smallest absolute Gasteiger partial charge is 0.410 e. The van der Waals surface area contributed by atoms with Crippen LogP contribution in [-0.4, -0.2) is 87.8 Å². The van der Waals surface area contributed by atoms with Gasteiger partial charge >= 0.3 is 12.1 Å². The standard InChI is InChI=1S/C29H40N8O4/c1-6-37-26-23(16-31-37)25(36-17-21-12-13-22(18-36)40-21)33-24(34-26)19-8-10-20(11-9-19)32-27(38)30-14-7-15-35(5)28(39)41-29(2,3)4/h8-11,16,21-22H,6-7,12-15,17-18H2,1-5H3,(H2,30,32,38). The van der Waals surface area contributed by atoms with Crippen LogP contribution in [-0.2, 0) is 16.0 Å². The molecule has 3 amide bonds. The van der Waals surface area contributed by atoms with E-state index in [1.54, 1.807) is 7.05 Å². The molecule has 0 radical (unpaired) electrons. The molecular weight excluding hydrogens is 524 g/mol. The summed E-state index contributed by atoms with van der Waals surface area (Å²) in [4.78, 5) is 38.2. The molecule has 5 rings (SSSR count). The summed E-state index contributed by atoms with van der Waals surface area (Å²) in [6, 6.07) is 7.18. The van der Waals surface area contributed by atoms with E-state index in [9.17, 15) is 9.59 Å². The maximum absolute atomic E-state index is 12.4. The van der Waals surface area contributed by atoms with Crippen molar-refractivity contribution in [2.75, 3.05) is 43.4 Å². The van der Waals surface area contributed by atoms with Gasteiger partial charge in [0, 0.05) is 51.0 Å². The van der Waals surface area contributed by atoms with E-state index in [1.165, 1.54) is 4.90 Å². The van der Waals surface area contributed by atoms with Crippen LogP contribution in [0.4, 0.5) is 21.1 Å². The summed E-state index contributed by atoms with van der Waals surface area (Å²) >= 11 is 0. The van der Waals surface area contributed by atoms with Crippen molar-refractivity contribution in [3.63, 3.8) is 0 Å². The second-order valence-electron chi connectivity index (χ2n) is 11.6. The molecule has 0 saturated carbocycles. The van der Waals surface area contributed by atoms with Gasteiger partial charge in [-0.3, -0.25) is 0 Å². The minimum Gasteiger partial charge on any atom is -0.444 e. The van der Waals surface area contributed by atoms with E-state index < -0.39 is 5.60 Å². The van der Waals surface area contributed by atoms with Crippen molar-refractivity contribution >= 4 is 34.7 Å². The van der Waals surface area contributed by atoms with Crippen LogP contribution in [0.3, 0.4) is 0 Å². The predicted octanol–water partition coefficient (Wildman–Crippen LogP) is 4.26. The molecule has 1 aromatic carbocycles. The summed E-state index contributed by atoms with van der Waals surface area (Å²) in [6.07, 6.45) is 4.73. The number of urea groups is 1. The van der Waals surface area contributed by atoms with Crippen molar-refractivity contribution in [2.45, 2.75) is 71.3 Å². The highest BCUT2D eigenvalue weighted by Gasteiger charge is 2.35. The molecule has 2 atom stereocenters. The molecule has 2 bridgehead atoms. The number of carbonyl (C=O) groups excluding carboxylic acids is 2. The zero-order valence-electron chi connectivity index (χ0n) is 24.5. The number of aromatic nitrogens is 4. The van der Waals surface area contributed by atoms with Crippen LogP contribution in [0.1, 0.15) is 47.0 Å². The first-order valence-corrected chi connectivity index (χ1v) is 14.3. The van der Waals surface area contributed by atoms with Crippen LogP contribution in [0.5, 0.6) is 0 Å². The Balaban J connectivity index is 1.21. The Kier molecular flexibility index (Phi) is 8.30. The number of amides is 3. The Morgan fingerprint density at radius 3 is 2.49 bits per heavy atom. The van der Waals surface area contributed by atoms with Gasteiger partial charge in [-0.05, 0) is 71.2 Å². The molecule has 4 heterocycles. The molecule has 0 spiro atoms. The maximum Gasteiger partial charge on any atom is 0.410 e. The first kappa shape index (κ1) is 28.6. The second kappa shape index (κ2) is 11.9. The maximum atomic E-state index is 12.4. The van der Waals surface area contributed by atoms with Gasteiger partial charge in [0.2, 0.25) is 0 Å². The first-order valence-electron chi connectivity index (χ1n) is 14.3. The van der Waals surface area contributed by atoms with E-state index in [-0.39, 0.29) is 24.3 Å². The van der Waals surface area contributed by atoms with Crippen molar-refractivity contribution in [3.8, 4) is 11.4 Å². The second-order valence-corrected chi connectivity index (χ2v) is 11.6. The van der Waals surface area contributed by atoms with E-state index in [0.717, 1.165) is 48.3 Å². The Morgan fingerprint density at radius 2 is 1.83 bits per heavy atom. The number of nitrogens with one attached hydrogen (secondary N) is 2. The van der Waals surface area contributed by atoms with Gasteiger partial charge in [0.1, 0.15) is 11.4 Å². The Morgan fingerprint density at radius 1 is 1.12 bits per heavy atom. The zero-order chi connectivity index (χ0) is 29.1. The number of fused-ring (bicyclic) bond motifs is 3. The number of hydrogen-bond donors (Lipinski definition) is 2. The number of benzene rings is 1. The van der Waals surface area contributed by atoms with Crippen molar-refractivity contribution in [1.29, 1.82) is 0 Å². The van der Waals surface area contributed by atoms with Crippen LogP contribution < -0.4 is 15.5 Å². The molecule has 2 saturated heterocycles. The molecule has 2 aliphatic rings. The SMILES string of the molecule is CCn1ncc2c(N3CC4CCC(C3)O4)nc(-c3ccc(NC(=O)NCCCN(C)C(=O)OC(C)(C)C)cc3)nc21. The Hall–Kier alpha value is -3.93. The number of anilines is 2. The number of aryl methyl sites for hydroxylation is 1. The molecule has 2 unspecified atom stereocenters. The van der Waals surface area contributed by atoms with Crippen molar-refractivity contribution < 1.29 is 19.1 Å². The Bertz CT molecular complexity index is 1370. The van der Waals surface area contributed by atoms with E-state index in [4.69, 9.17) is 19.4 Å². The van der Waals surface area contributed by atoms with Gasteiger partial charge in [-0.25, -0.2) is 24.2 Å². The van der Waals surface area contributed by atoms with Crippen LogP contribution in [0.2, 0.25) is 0 Å². The number of morpholine rings is 1. The normalized spacial score (nSPS) is 18.4. The molecule has 2 aliphatic heterocycles. The number of rotatable bonds is 8. The summed E-state index contributed by atoms with van der Waals surface area (Å²) in [6.45, 7) is 10.8. The highest BCUT2D eigenvalue weighted by molar-refractivity contribution is 5.90. The zero-order valence-corrected chi connectivity index (χ0v) is 24.5. The number of carbonyl (C=O) groups is 2. The van der Waals surface area contributed by atoms with Gasteiger partial charge in [-0.15, -0.1) is 0 Å². The fourth-order valence-electron chi connectivity index (χ4n) is 5.16.